The summed E-state index contributed by atoms with van der Waals surface area (Å²) >= 11 is 3.44. The molecule has 1 aromatic carbocycles. The second-order valence-electron chi connectivity index (χ2n) is 5.55. The average molecular weight is 327 g/mol. The first-order valence-electron chi connectivity index (χ1n) is 6.60. The van der Waals surface area contributed by atoms with Crippen LogP contribution in [0.25, 0.3) is 0 Å². The lowest BCUT2D eigenvalue weighted by Gasteiger charge is -2.27. The number of anilines is 1. The van der Waals surface area contributed by atoms with Gasteiger partial charge in [0.05, 0.1) is 0 Å². The Labute approximate surface area is 124 Å². The topological polar surface area (TPSA) is 41.1 Å². The van der Waals surface area contributed by atoms with Crippen LogP contribution in [0.3, 0.4) is 0 Å². The van der Waals surface area contributed by atoms with Crippen LogP contribution >= 0.6 is 15.9 Å². The molecule has 1 amide bonds. The van der Waals surface area contributed by atoms with Crippen molar-refractivity contribution < 1.29 is 4.79 Å². The third kappa shape index (κ3) is 4.86. The van der Waals surface area contributed by atoms with Crippen LogP contribution in [0.1, 0.15) is 39.7 Å². The van der Waals surface area contributed by atoms with Crippen molar-refractivity contribution in [2.75, 3.05) is 5.32 Å². The zero-order valence-electron chi connectivity index (χ0n) is 12.3. The third-order valence-corrected chi connectivity index (χ3v) is 3.80. The van der Waals surface area contributed by atoms with Crippen molar-refractivity contribution in [1.29, 1.82) is 0 Å². The van der Waals surface area contributed by atoms with E-state index in [1.807, 2.05) is 45.9 Å². The lowest BCUT2D eigenvalue weighted by Crippen LogP contribution is -2.48. The maximum atomic E-state index is 12.1. The largest absolute Gasteiger partial charge is 0.374 e. The van der Waals surface area contributed by atoms with Crippen LogP contribution in [0.2, 0.25) is 0 Å². The van der Waals surface area contributed by atoms with Crippen LogP contribution in [0.4, 0.5) is 5.69 Å². The van der Waals surface area contributed by atoms with Gasteiger partial charge in [0.1, 0.15) is 6.04 Å². The number of rotatable bonds is 5. The first kappa shape index (κ1) is 16.0. The van der Waals surface area contributed by atoms with Crippen molar-refractivity contribution in [3.8, 4) is 0 Å². The third-order valence-electron chi connectivity index (χ3n) is 3.31. The minimum Gasteiger partial charge on any atom is -0.374 e. The van der Waals surface area contributed by atoms with Gasteiger partial charge in [-0.3, -0.25) is 4.79 Å². The van der Waals surface area contributed by atoms with E-state index in [0.717, 1.165) is 22.1 Å². The van der Waals surface area contributed by atoms with E-state index in [4.69, 9.17) is 0 Å². The number of hydrogen-bond donors (Lipinski definition) is 2. The quantitative estimate of drug-likeness (QED) is 0.862. The van der Waals surface area contributed by atoms with Crippen molar-refractivity contribution in [3.63, 3.8) is 0 Å². The zero-order chi connectivity index (χ0) is 14.6. The fourth-order valence-electron chi connectivity index (χ4n) is 1.58. The Balaban J connectivity index is 2.71. The molecule has 3 nitrogen and oxygen atoms in total. The monoisotopic (exact) mass is 326 g/mol. The van der Waals surface area contributed by atoms with Crippen LogP contribution in [0.15, 0.2) is 22.7 Å². The number of nitrogens with one attached hydrogen (secondary N) is 2. The fourth-order valence-corrected chi connectivity index (χ4v) is 1.94. The summed E-state index contributed by atoms with van der Waals surface area (Å²) in [5, 5.41) is 6.30. The van der Waals surface area contributed by atoms with Crippen LogP contribution in [0.5, 0.6) is 0 Å². The lowest BCUT2D eigenvalue weighted by atomic mass is 10.0. The van der Waals surface area contributed by atoms with E-state index in [9.17, 15) is 4.79 Å². The first-order chi connectivity index (χ1) is 8.75. The molecule has 1 rings (SSSR count). The highest BCUT2D eigenvalue weighted by Gasteiger charge is 2.21. The van der Waals surface area contributed by atoms with Crippen molar-refractivity contribution in [3.05, 3.63) is 28.2 Å². The van der Waals surface area contributed by atoms with Crippen molar-refractivity contribution in [1.82, 2.24) is 5.32 Å². The van der Waals surface area contributed by atoms with Gasteiger partial charge in [0.2, 0.25) is 5.91 Å². The van der Waals surface area contributed by atoms with Crippen molar-refractivity contribution in [2.45, 2.75) is 52.6 Å². The molecule has 0 bridgehead atoms. The summed E-state index contributed by atoms with van der Waals surface area (Å²) in [5.74, 6) is 0.0197. The van der Waals surface area contributed by atoms with Gasteiger partial charge in [-0.15, -0.1) is 0 Å². The maximum absolute atomic E-state index is 12.1. The summed E-state index contributed by atoms with van der Waals surface area (Å²) in [6, 6.07) is 5.74. The molecule has 1 unspecified atom stereocenters. The Morgan fingerprint density at radius 3 is 2.63 bits per heavy atom. The van der Waals surface area contributed by atoms with E-state index in [1.165, 1.54) is 0 Å². The van der Waals surface area contributed by atoms with Gasteiger partial charge in [-0.25, -0.2) is 0 Å². The van der Waals surface area contributed by atoms with E-state index in [2.05, 4.69) is 33.5 Å². The number of aryl methyl sites for hydroxylation is 1. The summed E-state index contributed by atoms with van der Waals surface area (Å²) in [5.41, 5.74) is 1.93. The number of hydrogen-bond acceptors (Lipinski definition) is 2. The summed E-state index contributed by atoms with van der Waals surface area (Å²) in [6.07, 6.45) is 0.904. The minimum atomic E-state index is -0.265. The maximum Gasteiger partial charge on any atom is 0.242 e. The molecule has 19 heavy (non-hydrogen) atoms. The van der Waals surface area contributed by atoms with E-state index in [0.29, 0.717) is 0 Å². The van der Waals surface area contributed by atoms with Crippen molar-refractivity contribution >= 4 is 27.5 Å². The van der Waals surface area contributed by atoms with Crippen LogP contribution in [-0.4, -0.2) is 17.5 Å². The molecule has 0 saturated heterocycles. The predicted octanol–water partition coefficient (Wildman–Crippen LogP) is 3.86. The van der Waals surface area contributed by atoms with E-state index in [-0.39, 0.29) is 17.5 Å². The van der Waals surface area contributed by atoms with Crippen LogP contribution in [-0.2, 0) is 4.79 Å². The van der Waals surface area contributed by atoms with E-state index >= 15 is 0 Å². The normalized spacial score (nSPS) is 12.9. The smallest absolute Gasteiger partial charge is 0.242 e. The van der Waals surface area contributed by atoms with Crippen LogP contribution < -0.4 is 10.6 Å². The Hall–Kier alpha value is -1.03. The molecule has 0 radical (unpaired) electrons. The molecular formula is C15H23BrN2O. The Morgan fingerprint density at radius 1 is 1.42 bits per heavy atom. The minimum absolute atomic E-state index is 0.0197. The Morgan fingerprint density at radius 2 is 2.05 bits per heavy atom. The van der Waals surface area contributed by atoms with Gasteiger partial charge in [0.25, 0.3) is 0 Å². The van der Waals surface area contributed by atoms with E-state index < -0.39 is 0 Å². The Kier molecular flexibility index (Phi) is 5.41. The van der Waals surface area contributed by atoms with E-state index in [1.54, 1.807) is 0 Å². The molecule has 0 aromatic heterocycles. The fraction of sp³-hybridized carbons (Fsp3) is 0.533. The zero-order valence-corrected chi connectivity index (χ0v) is 13.9. The molecular weight excluding hydrogens is 304 g/mol. The summed E-state index contributed by atoms with van der Waals surface area (Å²) in [7, 11) is 0. The summed E-state index contributed by atoms with van der Waals surface area (Å²) in [4.78, 5) is 12.1. The average Bonchev–Trinajstić information content (AvgIpc) is 2.33. The van der Waals surface area contributed by atoms with Gasteiger partial charge in [0, 0.05) is 15.7 Å². The molecule has 4 heteroatoms. The molecule has 106 valence electrons. The molecule has 1 aromatic rings. The molecule has 0 spiro atoms. The SMILES string of the molecule is CCC(C)(C)NC(=O)C(C)Nc1cc(Br)ccc1C. The molecule has 1 atom stereocenters. The molecule has 0 saturated carbocycles. The lowest BCUT2D eigenvalue weighted by molar-refractivity contribution is -0.123. The second kappa shape index (κ2) is 6.42. The van der Waals surface area contributed by atoms with Gasteiger partial charge in [0.15, 0.2) is 0 Å². The number of carbonyl (C=O) groups excluding carboxylic acids is 1. The number of carbonyl (C=O) groups is 1. The highest BCUT2D eigenvalue weighted by atomic mass is 79.9. The van der Waals surface area contributed by atoms with Gasteiger partial charge in [-0.1, -0.05) is 28.9 Å². The highest BCUT2D eigenvalue weighted by molar-refractivity contribution is 9.10. The second-order valence-corrected chi connectivity index (χ2v) is 6.47. The van der Waals surface area contributed by atoms with Crippen molar-refractivity contribution in [2.24, 2.45) is 0 Å². The Bertz CT molecular complexity index is 457. The van der Waals surface area contributed by atoms with Gasteiger partial charge < -0.3 is 10.6 Å². The highest BCUT2D eigenvalue weighted by Crippen LogP contribution is 2.21. The van der Waals surface area contributed by atoms with Gasteiger partial charge in [-0.05, 0) is 51.8 Å². The summed E-state index contributed by atoms with van der Waals surface area (Å²) in [6.45, 7) is 10.0. The van der Waals surface area contributed by atoms with Gasteiger partial charge >= 0.3 is 0 Å². The summed E-state index contributed by atoms with van der Waals surface area (Å²) < 4.78 is 1.00. The molecule has 0 aliphatic heterocycles. The number of amides is 1. The molecule has 2 N–H and O–H groups in total. The molecule has 0 aliphatic rings. The standard InChI is InChI=1S/C15H23BrN2O/c1-6-15(4,5)18-14(19)11(3)17-13-9-12(16)8-7-10(13)2/h7-9,11,17H,6H2,1-5H3,(H,18,19). The molecule has 0 heterocycles. The number of benzene rings is 1. The molecule has 0 fully saturated rings. The predicted molar refractivity (Wildman–Crippen MR) is 84.5 cm³/mol. The number of halogens is 1. The molecule has 0 aliphatic carbocycles. The first-order valence-corrected chi connectivity index (χ1v) is 7.39. The van der Waals surface area contributed by atoms with Gasteiger partial charge in [-0.2, -0.15) is 0 Å². The van der Waals surface area contributed by atoms with Crippen LogP contribution in [0, 0.1) is 6.92 Å².